The molecule has 0 spiro atoms. The van der Waals surface area contributed by atoms with Crippen LogP contribution in [-0.2, 0) is 38.7 Å². The summed E-state index contributed by atoms with van der Waals surface area (Å²) in [5.41, 5.74) is 0. The summed E-state index contributed by atoms with van der Waals surface area (Å²) < 4.78 is 54.0. The number of esters is 2. The number of hydrogen-bond donors (Lipinski definition) is 4. The number of ether oxygens (including phenoxy) is 4. The minimum Gasteiger partial charge on any atom is -0.462 e. The van der Waals surface area contributed by atoms with E-state index in [0.717, 1.165) is 51.4 Å². The predicted molar refractivity (Wildman–Crippen MR) is 224 cm³/mol. The van der Waals surface area contributed by atoms with E-state index in [1.807, 2.05) is 0 Å². The molecule has 0 amide bonds. The molecular weight excluding hydrogens is 753 g/mol. The average Bonchev–Trinajstić information content (AvgIpc) is 3.17. The number of unbranched alkanes of at least 4 members (excludes halogenated alkanes) is 18. The molecule has 4 N–H and O–H groups in total. The van der Waals surface area contributed by atoms with E-state index in [4.69, 9.17) is 18.9 Å². The van der Waals surface area contributed by atoms with Gasteiger partial charge in [-0.15, -0.1) is 0 Å². The molecule has 57 heavy (non-hydrogen) atoms. The van der Waals surface area contributed by atoms with E-state index in [0.29, 0.717) is 12.8 Å². The standard InChI is InChI=1S/C44H78O12S/c1-3-5-7-9-11-13-15-17-19-21-22-24-26-28-30-32-39(45)53-34-37(35-54-44-43(49)42(48)41(47)38(56-44)36-57(50,51)52)55-40(46)33-31-29-27-25-23-20-18-16-14-12-10-8-6-4-2/h11,13,17,19,22,24,37-38,41-44,47-49H,3-10,12,14-16,18,20-21,23,25-36H2,1-2H3,(H,50,51,52)/b13-11+,19-17+,24-22+/t37-,38-,41-,42?,43?,44+/m1/s1. The fourth-order valence-electron chi connectivity index (χ4n) is 6.51. The van der Waals surface area contributed by atoms with Gasteiger partial charge in [0, 0.05) is 12.8 Å². The number of aliphatic hydroxyl groups excluding tert-OH is 3. The van der Waals surface area contributed by atoms with Crippen molar-refractivity contribution in [1.29, 1.82) is 0 Å². The van der Waals surface area contributed by atoms with Crippen LogP contribution in [0.3, 0.4) is 0 Å². The molecule has 1 aliphatic heterocycles. The molecule has 0 aliphatic carbocycles. The van der Waals surface area contributed by atoms with Gasteiger partial charge in [-0.05, 0) is 51.4 Å². The lowest BCUT2D eigenvalue weighted by atomic mass is 10.00. The van der Waals surface area contributed by atoms with Crippen molar-refractivity contribution in [2.45, 2.75) is 211 Å². The van der Waals surface area contributed by atoms with Gasteiger partial charge >= 0.3 is 11.9 Å². The first-order valence-corrected chi connectivity index (χ1v) is 23.7. The molecule has 6 atom stereocenters. The Hall–Kier alpha value is -2.13. The Morgan fingerprint density at radius 3 is 1.60 bits per heavy atom. The van der Waals surface area contributed by atoms with Crippen LogP contribution in [0, 0.1) is 0 Å². The SMILES string of the molecule is CCCCC/C=C/C/C=C/C/C=C/CCCCC(=O)OC[C@H](CO[C@H]1O[C@H](CS(=O)(=O)O)[C@@H](O)C(O)C1O)OC(=O)CCCCCCCCCCCCCCCC. The largest absolute Gasteiger partial charge is 0.462 e. The Labute approximate surface area is 344 Å². The lowest BCUT2D eigenvalue weighted by Gasteiger charge is -2.40. The van der Waals surface area contributed by atoms with Gasteiger partial charge < -0.3 is 34.3 Å². The van der Waals surface area contributed by atoms with Crippen molar-refractivity contribution in [3.8, 4) is 0 Å². The van der Waals surface area contributed by atoms with Crippen LogP contribution in [0.4, 0.5) is 0 Å². The number of rotatable bonds is 36. The maximum Gasteiger partial charge on any atom is 0.306 e. The van der Waals surface area contributed by atoms with Crippen molar-refractivity contribution in [1.82, 2.24) is 0 Å². The summed E-state index contributed by atoms with van der Waals surface area (Å²) in [5.74, 6) is -2.03. The van der Waals surface area contributed by atoms with Crippen molar-refractivity contribution in [3.05, 3.63) is 36.5 Å². The van der Waals surface area contributed by atoms with Crippen LogP contribution in [0.1, 0.15) is 174 Å². The zero-order valence-electron chi connectivity index (χ0n) is 35.2. The van der Waals surface area contributed by atoms with Crippen LogP contribution in [0.2, 0.25) is 0 Å². The number of carbonyl (C=O) groups is 2. The molecule has 2 unspecified atom stereocenters. The normalized spacial score (nSPS) is 20.8. The van der Waals surface area contributed by atoms with Gasteiger partial charge in [-0.2, -0.15) is 8.42 Å². The highest BCUT2D eigenvalue weighted by Gasteiger charge is 2.46. The van der Waals surface area contributed by atoms with Crippen molar-refractivity contribution < 1.29 is 56.8 Å². The maximum atomic E-state index is 12.8. The van der Waals surface area contributed by atoms with E-state index in [1.165, 1.54) is 83.5 Å². The third kappa shape index (κ3) is 29.7. The average molecular weight is 831 g/mol. The van der Waals surface area contributed by atoms with Gasteiger partial charge in [0.15, 0.2) is 12.4 Å². The second-order valence-corrected chi connectivity index (χ2v) is 16.9. The molecule has 332 valence electrons. The van der Waals surface area contributed by atoms with Crippen LogP contribution in [0.15, 0.2) is 36.5 Å². The van der Waals surface area contributed by atoms with E-state index >= 15 is 0 Å². The Balaban J connectivity index is 2.49. The van der Waals surface area contributed by atoms with E-state index < -0.39 is 71.2 Å². The number of aliphatic hydroxyl groups is 3. The molecule has 0 bridgehead atoms. The summed E-state index contributed by atoms with van der Waals surface area (Å²) in [7, 11) is -4.60. The Bertz CT molecular complexity index is 1200. The summed E-state index contributed by atoms with van der Waals surface area (Å²) in [6.07, 6.45) is 29.1. The first-order valence-electron chi connectivity index (χ1n) is 22.0. The first-order chi connectivity index (χ1) is 27.5. The Morgan fingerprint density at radius 1 is 0.596 bits per heavy atom. The molecule has 13 heteroatoms. The van der Waals surface area contributed by atoms with E-state index in [-0.39, 0.29) is 19.4 Å². The van der Waals surface area contributed by atoms with Crippen LogP contribution in [-0.4, -0.2) is 96.0 Å². The number of hydrogen-bond acceptors (Lipinski definition) is 11. The molecule has 1 fully saturated rings. The second-order valence-electron chi connectivity index (χ2n) is 15.4. The summed E-state index contributed by atoms with van der Waals surface area (Å²) in [6.45, 7) is 3.69. The van der Waals surface area contributed by atoms with Gasteiger partial charge in [0.1, 0.15) is 36.8 Å². The Morgan fingerprint density at radius 2 is 1.05 bits per heavy atom. The quantitative estimate of drug-likeness (QED) is 0.0204. The maximum absolute atomic E-state index is 12.8. The predicted octanol–water partition coefficient (Wildman–Crippen LogP) is 8.61. The zero-order chi connectivity index (χ0) is 42.0. The fourth-order valence-corrected chi connectivity index (χ4v) is 7.20. The third-order valence-electron chi connectivity index (χ3n) is 9.97. The molecule has 0 aromatic heterocycles. The Kier molecular flexibility index (Phi) is 32.2. The summed E-state index contributed by atoms with van der Waals surface area (Å²) in [4.78, 5) is 25.3. The van der Waals surface area contributed by atoms with Gasteiger partial charge in [-0.3, -0.25) is 14.1 Å². The van der Waals surface area contributed by atoms with E-state index in [1.54, 1.807) is 0 Å². The molecule has 0 saturated carbocycles. The highest BCUT2D eigenvalue weighted by molar-refractivity contribution is 7.85. The summed E-state index contributed by atoms with van der Waals surface area (Å²) in [5, 5.41) is 30.8. The van der Waals surface area contributed by atoms with Crippen molar-refractivity contribution in [2.24, 2.45) is 0 Å². The first kappa shape index (κ1) is 52.9. The van der Waals surface area contributed by atoms with Crippen molar-refractivity contribution in [2.75, 3.05) is 19.0 Å². The smallest absolute Gasteiger partial charge is 0.306 e. The van der Waals surface area contributed by atoms with Crippen molar-refractivity contribution >= 4 is 22.1 Å². The molecule has 0 aromatic carbocycles. The fraction of sp³-hybridized carbons (Fsp3) is 0.818. The highest BCUT2D eigenvalue weighted by atomic mass is 32.2. The molecule has 1 saturated heterocycles. The molecule has 1 rings (SSSR count). The molecule has 0 radical (unpaired) electrons. The summed E-state index contributed by atoms with van der Waals surface area (Å²) >= 11 is 0. The molecule has 12 nitrogen and oxygen atoms in total. The van der Waals surface area contributed by atoms with E-state index in [2.05, 4.69) is 50.3 Å². The minimum absolute atomic E-state index is 0.159. The monoisotopic (exact) mass is 831 g/mol. The topological polar surface area (TPSA) is 186 Å². The van der Waals surface area contributed by atoms with Crippen LogP contribution in [0.25, 0.3) is 0 Å². The van der Waals surface area contributed by atoms with Crippen LogP contribution in [0.5, 0.6) is 0 Å². The summed E-state index contributed by atoms with van der Waals surface area (Å²) in [6, 6.07) is 0. The van der Waals surface area contributed by atoms with E-state index in [9.17, 15) is 37.9 Å². The lowest BCUT2D eigenvalue weighted by Crippen LogP contribution is -2.60. The molecular formula is C44H78O12S. The second kappa shape index (κ2) is 34.7. The van der Waals surface area contributed by atoms with Gasteiger partial charge in [0.05, 0.1) is 6.61 Å². The van der Waals surface area contributed by atoms with Crippen LogP contribution < -0.4 is 0 Å². The van der Waals surface area contributed by atoms with Crippen LogP contribution >= 0.6 is 0 Å². The number of allylic oxidation sites excluding steroid dienone is 6. The van der Waals surface area contributed by atoms with Gasteiger partial charge in [0.2, 0.25) is 0 Å². The highest BCUT2D eigenvalue weighted by Crippen LogP contribution is 2.24. The lowest BCUT2D eigenvalue weighted by molar-refractivity contribution is -0.297. The van der Waals surface area contributed by atoms with Gasteiger partial charge in [-0.1, -0.05) is 147 Å². The van der Waals surface area contributed by atoms with Crippen molar-refractivity contribution in [3.63, 3.8) is 0 Å². The molecule has 0 aromatic rings. The number of carbonyl (C=O) groups excluding carboxylic acids is 2. The molecule has 1 aliphatic rings. The van der Waals surface area contributed by atoms with Gasteiger partial charge in [-0.25, -0.2) is 0 Å². The zero-order valence-corrected chi connectivity index (χ0v) is 36.0. The molecule has 1 heterocycles. The van der Waals surface area contributed by atoms with Gasteiger partial charge in [0.25, 0.3) is 10.1 Å². The third-order valence-corrected chi connectivity index (χ3v) is 10.7. The minimum atomic E-state index is -4.60.